The molecule has 0 aromatic heterocycles. The number of hydrogen-bond donors (Lipinski definition) is 0. The molecule has 0 bridgehead atoms. The Morgan fingerprint density at radius 2 is 2.07 bits per heavy atom. The van der Waals surface area contributed by atoms with Crippen LogP contribution in [0.4, 0.5) is 0 Å². The fraction of sp³-hybridized carbons (Fsp3) is 0.0714. The quantitative estimate of drug-likeness (QED) is 0.599. The van der Waals surface area contributed by atoms with Crippen LogP contribution < -0.4 is 0 Å². The lowest BCUT2D eigenvalue weighted by atomic mass is 9.81. The molecule has 0 saturated carbocycles. The molecular weight excluding hydrogens is 182 g/mol. The molecule has 1 heterocycles. The summed E-state index contributed by atoms with van der Waals surface area (Å²) in [6.45, 7) is 4.03. The molecular formula is C14H11N. The molecule has 1 atom stereocenters. The van der Waals surface area contributed by atoms with Crippen molar-refractivity contribution in [2.24, 2.45) is 10.9 Å². The van der Waals surface area contributed by atoms with Crippen molar-refractivity contribution in [3.63, 3.8) is 0 Å². The third-order valence-corrected chi connectivity index (χ3v) is 2.93. The second-order valence-electron chi connectivity index (χ2n) is 3.86. The first-order valence-corrected chi connectivity index (χ1v) is 5.06. The second kappa shape index (κ2) is 3.06. The van der Waals surface area contributed by atoms with Gasteiger partial charge in [0.1, 0.15) is 0 Å². The molecule has 1 aliphatic carbocycles. The van der Waals surface area contributed by atoms with Gasteiger partial charge in [-0.2, -0.15) is 0 Å². The molecule has 1 aromatic carbocycles. The molecule has 2 aliphatic rings. The number of rotatable bonds is 0. The van der Waals surface area contributed by atoms with Crippen molar-refractivity contribution < 1.29 is 0 Å². The maximum absolute atomic E-state index is 4.22. The van der Waals surface area contributed by atoms with E-state index in [-0.39, 0.29) is 0 Å². The summed E-state index contributed by atoms with van der Waals surface area (Å²) in [5.41, 5.74) is 4.88. The lowest BCUT2D eigenvalue weighted by Gasteiger charge is -2.25. The van der Waals surface area contributed by atoms with Gasteiger partial charge in [0.15, 0.2) is 0 Å². The minimum Gasteiger partial charge on any atom is -0.264 e. The summed E-state index contributed by atoms with van der Waals surface area (Å²) in [4.78, 5) is 4.22. The van der Waals surface area contributed by atoms with E-state index in [0.29, 0.717) is 5.92 Å². The van der Waals surface area contributed by atoms with Gasteiger partial charge < -0.3 is 0 Å². The van der Waals surface area contributed by atoms with Gasteiger partial charge in [0.05, 0.1) is 0 Å². The van der Waals surface area contributed by atoms with Crippen molar-refractivity contribution >= 4 is 17.9 Å². The van der Waals surface area contributed by atoms with Crippen molar-refractivity contribution in [1.29, 1.82) is 0 Å². The number of fused-ring (bicyclic) bond motifs is 3. The first-order chi connectivity index (χ1) is 7.36. The Labute approximate surface area is 89.2 Å². The predicted octanol–water partition coefficient (Wildman–Crippen LogP) is 3.31. The van der Waals surface area contributed by atoms with Gasteiger partial charge in [0.2, 0.25) is 0 Å². The summed E-state index contributed by atoms with van der Waals surface area (Å²) in [7, 11) is 0. The number of benzene rings is 1. The van der Waals surface area contributed by atoms with Crippen LogP contribution in [0.1, 0.15) is 11.1 Å². The summed E-state index contributed by atoms with van der Waals surface area (Å²) >= 11 is 0. The van der Waals surface area contributed by atoms with Crippen LogP contribution in [0.3, 0.4) is 0 Å². The number of aliphatic imine (C=N–C) groups is 1. The largest absolute Gasteiger partial charge is 0.264 e. The van der Waals surface area contributed by atoms with E-state index in [4.69, 9.17) is 0 Å². The lowest BCUT2D eigenvalue weighted by molar-refractivity contribution is 1.03. The molecule has 1 unspecified atom stereocenters. The SMILES string of the molecule is C=C1C=NC=C2c3ccccc3C=CC12. The van der Waals surface area contributed by atoms with E-state index in [9.17, 15) is 0 Å². The third kappa shape index (κ3) is 1.20. The molecule has 1 heteroatoms. The van der Waals surface area contributed by atoms with Crippen LogP contribution in [-0.2, 0) is 0 Å². The average molecular weight is 193 g/mol. The fourth-order valence-electron chi connectivity index (χ4n) is 2.14. The fourth-order valence-corrected chi connectivity index (χ4v) is 2.14. The van der Waals surface area contributed by atoms with Crippen LogP contribution in [0.25, 0.3) is 11.6 Å². The van der Waals surface area contributed by atoms with Gasteiger partial charge in [-0.05, 0) is 22.3 Å². The van der Waals surface area contributed by atoms with E-state index < -0.39 is 0 Å². The van der Waals surface area contributed by atoms with Crippen molar-refractivity contribution in [1.82, 2.24) is 0 Å². The van der Waals surface area contributed by atoms with Crippen molar-refractivity contribution in [2.45, 2.75) is 0 Å². The Morgan fingerprint density at radius 1 is 1.20 bits per heavy atom. The predicted molar refractivity (Wildman–Crippen MR) is 64.6 cm³/mol. The van der Waals surface area contributed by atoms with Crippen LogP contribution in [0.15, 0.2) is 53.7 Å². The molecule has 1 aromatic rings. The van der Waals surface area contributed by atoms with Gasteiger partial charge >= 0.3 is 0 Å². The topological polar surface area (TPSA) is 12.4 Å². The molecule has 1 aliphatic heterocycles. The highest BCUT2D eigenvalue weighted by molar-refractivity contribution is 5.93. The monoisotopic (exact) mass is 193 g/mol. The molecule has 0 radical (unpaired) electrons. The normalized spacial score (nSPS) is 22.0. The van der Waals surface area contributed by atoms with Crippen molar-refractivity contribution in [3.05, 3.63) is 59.8 Å². The van der Waals surface area contributed by atoms with Gasteiger partial charge in [-0.3, -0.25) is 4.99 Å². The summed E-state index contributed by atoms with van der Waals surface area (Å²) < 4.78 is 0. The zero-order chi connectivity index (χ0) is 10.3. The van der Waals surface area contributed by atoms with Crippen molar-refractivity contribution in [3.8, 4) is 0 Å². The van der Waals surface area contributed by atoms with Gasteiger partial charge in [-0.1, -0.05) is 43.0 Å². The minimum absolute atomic E-state index is 0.317. The summed E-state index contributed by atoms with van der Waals surface area (Å²) in [5.74, 6) is 0.317. The summed E-state index contributed by atoms with van der Waals surface area (Å²) in [5, 5.41) is 0. The summed E-state index contributed by atoms with van der Waals surface area (Å²) in [6, 6.07) is 8.40. The summed E-state index contributed by atoms with van der Waals surface area (Å²) in [6.07, 6.45) is 8.15. The van der Waals surface area contributed by atoms with Gasteiger partial charge in [0.25, 0.3) is 0 Å². The van der Waals surface area contributed by atoms with Crippen LogP contribution >= 0.6 is 0 Å². The van der Waals surface area contributed by atoms with E-state index in [1.165, 1.54) is 16.7 Å². The highest BCUT2D eigenvalue weighted by atomic mass is 14.7. The van der Waals surface area contributed by atoms with Crippen LogP contribution in [0.2, 0.25) is 0 Å². The number of allylic oxidation sites excluding steroid dienone is 3. The molecule has 0 amide bonds. The highest BCUT2D eigenvalue weighted by Crippen LogP contribution is 2.37. The minimum atomic E-state index is 0.317. The molecule has 15 heavy (non-hydrogen) atoms. The first kappa shape index (κ1) is 8.42. The molecule has 1 nitrogen and oxygen atoms in total. The van der Waals surface area contributed by atoms with Crippen molar-refractivity contribution in [2.75, 3.05) is 0 Å². The second-order valence-corrected chi connectivity index (χ2v) is 3.86. The Hall–Kier alpha value is -1.89. The van der Waals surface area contributed by atoms with Crippen LogP contribution in [0.5, 0.6) is 0 Å². The standard InChI is InChI=1S/C14H11N/c1-10-8-15-9-14-12(10)7-6-11-4-2-3-5-13(11)14/h2-9,12H,1H2. The molecule has 0 fully saturated rings. The van der Waals surface area contributed by atoms with Gasteiger partial charge in [0, 0.05) is 18.3 Å². The number of nitrogens with zero attached hydrogens (tertiary/aromatic N) is 1. The number of hydrogen-bond acceptors (Lipinski definition) is 1. The smallest absolute Gasteiger partial charge is 0.0315 e. The Morgan fingerprint density at radius 3 is 3.00 bits per heavy atom. The van der Waals surface area contributed by atoms with E-state index in [0.717, 1.165) is 5.57 Å². The maximum Gasteiger partial charge on any atom is 0.0315 e. The highest BCUT2D eigenvalue weighted by Gasteiger charge is 2.22. The zero-order valence-corrected chi connectivity index (χ0v) is 8.35. The molecule has 0 spiro atoms. The Bertz CT molecular complexity index is 518. The van der Waals surface area contributed by atoms with Crippen LogP contribution in [0, 0.1) is 5.92 Å². The average Bonchev–Trinajstić information content (AvgIpc) is 2.29. The van der Waals surface area contributed by atoms with E-state index in [1.54, 1.807) is 0 Å². The van der Waals surface area contributed by atoms with E-state index >= 15 is 0 Å². The Balaban J connectivity index is 2.23. The third-order valence-electron chi connectivity index (χ3n) is 2.93. The van der Waals surface area contributed by atoms with Gasteiger partial charge in [-0.15, -0.1) is 0 Å². The van der Waals surface area contributed by atoms with Crippen LogP contribution in [-0.4, -0.2) is 6.21 Å². The lowest BCUT2D eigenvalue weighted by Crippen LogP contribution is -2.11. The molecule has 72 valence electrons. The zero-order valence-electron chi connectivity index (χ0n) is 8.35. The Kier molecular flexibility index (Phi) is 1.72. The maximum atomic E-state index is 4.22. The molecule has 0 N–H and O–H groups in total. The molecule has 0 saturated heterocycles. The van der Waals surface area contributed by atoms with E-state index in [2.05, 4.69) is 48.0 Å². The van der Waals surface area contributed by atoms with E-state index in [1.807, 2.05) is 12.4 Å². The molecule has 3 rings (SSSR count). The van der Waals surface area contributed by atoms with Gasteiger partial charge in [-0.25, -0.2) is 0 Å². The first-order valence-electron chi connectivity index (χ1n) is 5.06.